The number of halogens is 1. The summed E-state index contributed by atoms with van der Waals surface area (Å²) in [5.74, 6) is 0.273. The summed E-state index contributed by atoms with van der Waals surface area (Å²) < 4.78 is 14.1. The van der Waals surface area contributed by atoms with Gasteiger partial charge in [0.1, 0.15) is 5.82 Å². The van der Waals surface area contributed by atoms with Crippen molar-refractivity contribution < 1.29 is 4.39 Å². The van der Waals surface area contributed by atoms with Crippen molar-refractivity contribution in [1.82, 2.24) is 19.9 Å². The zero-order chi connectivity index (χ0) is 20.0. The van der Waals surface area contributed by atoms with Gasteiger partial charge in [-0.15, -0.1) is 0 Å². The van der Waals surface area contributed by atoms with Gasteiger partial charge in [0.25, 0.3) is 0 Å². The van der Waals surface area contributed by atoms with Crippen molar-refractivity contribution in [3.8, 4) is 0 Å². The van der Waals surface area contributed by atoms with Gasteiger partial charge in [0.2, 0.25) is 5.95 Å². The van der Waals surface area contributed by atoms with Crippen LogP contribution in [0, 0.1) is 12.9 Å². The van der Waals surface area contributed by atoms with E-state index in [1.165, 1.54) is 49.3 Å². The topological polar surface area (TPSA) is 56.8 Å². The van der Waals surface area contributed by atoms with Crippen molar-refractivity contribution in [3.05, 3.63) is 52.7 Å². The maximum absolute atomic E-state index is 14.1. The third kappa shape index (κ3) is 3.62. The van der Waals surface area contributed by atoms with E-state index < -0.39 is 5.95 Å². The zero-order valence-corrected chi connectivity index (χ0v) is 17.1. The van der Waals surface area contributed by atoms with Crippen LogP contribution in [0.1, 0.15) is 60.7 Å². The summed E-state index contributed by atoms with van der Waals surface area (Å²) in [5, 5.41) is 3.57. The first kappa shape index (κ1) is 18.6. The molecule has 5 rings (SSSR count). The third-order valence-electron chi connectivity index (χ3n) is 6.51. The van der Waals surface area contributed by atoms with Crippen molar-refractivity contribution >= 4 is 16.9 Å². The molecule has 3 aromatic rings. The maximum Gasteiger partial charge on any atom is 0.215 e. The van der Waals surface area contributed by atoms with Crippen LogP contribution in [0.15, 0.2) is 24.3 Å². The molecule has 1 atom stereocenters. The molecule has 6 heteroatoms. The number of nitrogens with one attached hydrogen (secondary N) is 2. The van der Waals surface area contributed by atoms with Crippen molar-refractivity contribution in [1.29, 1.82) is 0 Å². The lowest BCUT2D eigenvalue weighted by molar-refractivity contribution is 0.184. The lowest BCUT2D eigenvalue weighted by Gasteiger charge is -2.31. The Morgan fingerprint density at radius 3 is 2.79 bits per heavy atom. The van der Waals surface area contributed by atoms with Gasteiger partial charge in [-0.1, -0.05) is 31.4 Å². The van der Waals surface area contributed by atoms with Crippen LogP contribution in [0.5, 0.6) is 0 Å². The molecule has 152 valence electrons. The monoisotopic (exact) mass is 393 g/mol. The van der Waals surface area contributed by atoms with Gasteiger partial charge < -0.3 is 10.3 Å². The van der Waals surface area contributed by atoms with Crippen LogP contribution in [-0.4, -0.2) is 32.9 Å². The van der Waals surface area contributed by atoms with Gasteiger partial charge >= 0.3 is 0 Å². The number of aromatic amines is 1. The van der Waals surface area contributed by atoms with Crippen molar-refractivity contribution in [2.75, 3.05) is 12.4 Å². The molecule has 1 unspecified atom stereocenters. The fourth-order valence-electron chi connectivity index (χ4n) is 5.01. The molecule has 3 heterocycles. The summed E-state index contributed by atoms with van der Waals surface area (Å²) in [5.41, 5.74) is 5.95. The summed E-state index contributed by atoms with van der Waals surface area (Å²) in [6.45, 7) is 2.85. The van der Waals surface area contributed by atoms with Gasteiger partial charge in [0.05, 0.1) is 11.6 Å². The van der Waals surface area contributed by atoms with E-state index in [4.69, 9.17) is 0 Å². The molecule has 29 heavy (non-hydrogen) atoms. The Balaban J connectivity index is 1.36. The molecule has 0 saturated heterocycles. The molecule has 0 amide bonds. The first-order valence-electron chi connectivity index (χ1n) is 10.7. The van der Waals surface area contributed by atoms with E-state index >= 15 is 0 Å². The highest BCUT2D eigenvalue weighted by Gasteiger charge is 2.26. The maximum atomic E-state index is 14.1. The van der Waals surface area contributed by atoms with E-state index in [2.05, 4.69) is 50.4 Å². The summed E-state index contributed by atoms with van der Waals surface area (Å²) in [6, 6.07) is 8.97. The molecule has 1 fully saturated rings. The highest BCUT2D eigenvalue weighted by molar-refractivity contribution is 5.77. The van der Waals surface area contributed by atoms with Crippen molar-refractivity contribution in [2.24, 2.45) is 0 Å². The first-order valence-corrected chi connectivity index (χ1v) is 10.7. The molecule has 2 aliphatic rings. The van der Waals surface area contributed by atoms with Gasteiger partial charge in [0, 0.05) is 29.9 Å². The summed E-state index contributed by atoms with van der Waals surface area (Å²) in [7, 11) is 2.25. The van der Waals surface area contributed by atoms with E-state index in [0.29, 0.717) is 11.7 Å². The van der Waals surface area contributed by atoms with Gasteiger partial charge in [-0.3, -0.25) is 4.90 Å². The fraction of sp³-hybridized carbons (Fsp3) is 0.478. The molecule has 0 radical (unpaired) electrons. The van der Waals surface area contributed by atoms with E-state index in [1.54, 1.807) is 0 Å². The van der Waals surface area contributed by atoms with E-state index in [-0.39, 0.29) is 6.04 Å². The van der Waals surface area contributed by atoms with E-state index in [9.17, 15) is 4.39 Å². The molecule has 0 spiro atoms. The molecular weight excluding hydrogens is 365 g/mol. The van der Waals surface area contributed by atoms with E-state index in [1.807, 2.05) is 6.92 Å². The van der Waals surface area contributed by atoms with Gasteiger partial charge in [-0.2, -0.15) is 9.37 Å². The quantitative estimate of drug-likeness (QED) is 0.621. The highest BCUT2D eigenvalue weighted by Crippen LogP contribution is 2.37. The molecule has 1 saturated carbocycles. The van der Waals surface area contributed by atoms with Crippen molar-refractivity contribution in [2.45, 2.75) is 64.1 Å². The fourth-order valence-corrected chi connectivity index (χ4v) is 5.01. The standard InChI is InChI=1S/C23H28FN5/c1-14-25-22-18(12-21(24)28-23(22)26-14)20-11-16-10-15(8-9-19(16)27-20)13-29(2)17-6-4-3-5-7-17/h8-10,12,17,20,27H,3-7,11,13H2,1-2H3,(H,25,26,28). The number of imidazole rings is 1. The van der Waals surface area contributed by atoms with Gasteiger partial charge in [0.15, 0.2) is 5.65 Å². The average molecular weight is 394 g/mol. The van der Waals surface area contributed by atoms with Crippen LogP contribution in [0.25, 0.3) is 11.2 Å². The number of nitrogens with zero attached hydrogens (tertiary/aromatic N) is 3. The normalized spacial score (nSPS) is 19.7. The zero-order valence-electron chi connectivity index (χ0n) is 17.1. The molecule has 2 aromatic heterocycles. The second kappa shape index (κ2) is 7.41. The number of benzene rings is 1. The largest absolute Gasteiger partial charge is 0.378 e. The third-order valence-corrected chi connectivity index (χ3v) is 6.51. The minimum Gasteiger partial charge on any atom is -0.378 e. The molecule has 2 N–H and O–H groups in total. The number of fused-ring (bicyclic) bond motifs is 2. The Morgan fingerprint density at radius 2 is 1.97 bits per heavy atom. The van der Waals surface area contributed by atoms with Crippen molar-refractivity contribution in [3.63, 3.8) is 0 Å². The summed E-state index contributed by atoms with van der Waals surface area (Å²) >= 11 is 0. The molecular formula is C23H28FN5. The van der Waals surface area contributed by atoms with E-state index in [0.717, 1.165) is 35.6 Å². The molecule has 1 aliphatic carbocycles. The molecule has 5 nitrogen and oxygen atoms in total. The minimum absolute atomic E-state index is 0.0242. The Bertz CT molecular complexity index is 1040. The number of H-pyrrole nitrogens is 1. The summed E-state index contributed by atoms with van der Waals surface area (Å²) in [4.78, 5) is 14.0. The minimum atomic E-state index is -0.480. The number of aryl methyl sites for hydroxylation is 1. The number of rotatable bonds is 4. The number of anilines is 1. The van der Waals surface area contributed by atoms with Crippen LogP contribution >= 0.6 is 0 Å². The predicted molar refractivity (Wildman–Crippen MR) is 113 cm³/mol. The Labute approximate surface area is 170 Å². The van der Waals surface area contributed by atoms with Crippen LogP contribution in [0.3, 0.4) is 0 Å². The SMILES string of the molecule is Cc1nc2nc(F)cc(C3Cc4cc(CN(C)C5CCCCC5)ccc4N3)c2[nH]1. The predicted octanol–water partition coefficient (Wildman–Crippen LogP) is 4.88. The molecule has 0 bridgehead atoms. The number of hydrogen-bond acceptors (Lipinski definition) is 4. The summed E-state index contributed by atoms with van der Waals surface area (Å²) in [6.07, 6.45) is 7.57. The van der Waals surface area contributed by atoms with Crippen LogP contribution in [0.2, 0.25) is 0 Å². The Morgan fingerprint density at radius 1 is 1.14 bits per heavy atom. The number of pyridine rings is 1. The molecule has 1 aliphatic heterocycles. The Hall–Kier alpha value is -2.47. The average Bonchev–Trinajstić information content (AvgIpc) is 3.30. The first-order chi connectivity index (χ1) is 14.1. The van der Waals surface area contributed by atoms with Crippen LogP contribution < -0.4 is 5.32 Å². The smallest absolute Gasteiger partial charge is 0.215 e. The van der Waals surface area contributed by atoms with Crippen LogP contribution in [-0.2, 0) is 13.0 Å². The second-order valence-electron chi connectivity index (χ2n) is 8.65. The lowest BCUT2D eigenvalue weighted by atomic mass is 9.94. The number of hydrogen-bond donors (Lipinski definition) is 2. The van der Waals surface area contributed by atoms with Gasteiger partial charge in [-0.25, -0.2) is 4.98 Å². The van der Waals surface area contributed by atoms with Crippen LogP contribution in [0.4, 0.5) is 10.1 Å². The Kier molecular flexibility index (Phi) is 4.74. The highest BCUT2D eigenvalue weighted by atomic mass is 19.1. The number of aromatic nitrogens is 3. The second-order valence-corrected chi connectivity index (χ2v) is 8.65. The lowest BCUT2D eigenvalue weighted by Crippen LogP contribution is -2.32. The molecule has 1 aromatic carbocycles. The van der Waals surface area contributed by atoms with Gasteiger partial charge in [-0.05, 0) is 50.4 Å².